The van der Waals surface area contributed by atoms with Crippen molar-refractivity contribution in [1.82, 2.24) is 0 Å². The second-order valence-electron chi connectivity index (χ2n) is 8.47. The summed E-state index contributed by atoms with van der Waals surface area (Å²) in [5.74, 6) is -0.978. The van der Waals surface area contributed by atoms with Gasteiger partial charge in [-0.25, -0.2) is 13.2 Å². The number of rotatable bonds is 8. The molecule has 2 aliphatic rings. The number of nitrogens with one attached hydrogen (secondary N) is 1. The lowest BCUT2D eigenvalue weighted by Gasteiger charge is -2.37. The minimum Gasteiger partial charge on any atom is -0.491 e. The van der Waals surface area contributed by atoms with Crippen LogP contribution >= 0.6 is 11.6 Å². The number of nitriles is 1. The van der Waals surface area contributed by atoms with Gasteiger partial charge < -0.3 is 14.6 Å². The Balaban J connectivity index is 1.71. The molecule has 1 heterocycles. The highest BCUT2D eigenvalue weighted by Crippen LogP contribution is 2.44. The SMILES string of the molecule is CC1(COc2cc(Cl)c(C#N)cc2NS(=O)(=O)c2cc(C(=O)O)ccc2C2CC2)COC1. The predicted molar refractivity (Wildman–Crippen MR) is 117 cm³/mol. The number of carboxylic acids is 1. The Hall–Kier alpha value is -2.80. The van der Waals surface area contributed by atoms with E-state index in [4.69, 9.17) is 21.1 Å². The van der Waals surface area contributed by atoms with E-state index in [0.717, 1.165) is 18.9 Å². The van der Waals surface area contributed by atoms with Gasteiger partial charge in [0.1, 0.15) is 11.8 Å². The van der Waals surface area contributed by atoms with E-state index in [0.29, 0.717) is 18.8 Å². The Kier molecular flexibility index (Phi) is 5.79. The Morgan fingerprint density at radius 1 is 1.34 bits per heavy atom. The third-order valence-electron chi connectivity index (χ3n) is 5.48. The molecule has 8 nitrogen and oxygen atoms in total. The van der Waals surface area contributed by atoms with Crippen molar-refractivity contribution in [3.05, 3.63) is 52.0 Å². The molecule has 0 atom stereocenters. The molecule has 2 aromatic rings. The Morgan fingerprint density at radius 3 is 2.62 bits per heavy atom. The Morgan fingerprint density at radius 2 is 2.06 bits per heavy atom. The molecular formula is C22H21ClN2O6S. The van der Waals surface area contributed by atoms with Gasteiger partial charge >= 0.3 is 5.97 Å². The van der Waals surface area contributed by atoms with Crippen molar-refractivity contribution in [2.75, 3.05) is 24.5 Å². The summed E-state index contributed by atoms with van der Waals surface area (Å²) in [6.45, 7) is 3.28. The van der Waals surface area contributed by atoms with Gasteiger partial charge in [0.05, 0.1) is 46.6 Å². The molecule has 2 N–H and O–H groups in total. The van der Waals surface area contributed by atoms with Crippen LogP contribution in [-0.4, -0.2) is 39.3 Å². The van der Waals surface area contributed by atoms with E-state index in [-0.39, 0.29) is 50.4 Å². The fourth-order valence-corrected chi connectivity index (χ4v) is 5.04. The van der Waals surface area contributed by atoms with Crippen LogP contribution in [0, 0.1) is 16.7 Å². The van der Waals surface area contributed by atoms with E-state index in [1.165, 1.54) is 18.2 Å². The number of sulfonamides is 1. The van der Waals surface area contributed by atoms with Crippen LogP contribution in [0.4, 0.5) is 5.69 Å². The first-order chi connectivity index (χ1) is 15.1. The summed E-state index contributed by atoms with van der Waals surface area (Å²) in [6, 6.07) is 8.75. The van der Waals surface area contributed by atoms with Crippen LogP contribution in [0.1, 0.15) is 47.2 Å². The highest BCUT2D eigenvalue weighted by atomic mass is 35.5. The molecule has 0 amide bonds. The molecule has 4 rings (SSSR count). The largest absolute Gasteiger partial charge is 0.491 e. The molecule has 1 aliphatic carbocycles. The van der Waals surface area contributed by atoms with Crippen molar-refractivity contribution in [1.29, 1.82) is 5.26 Å². The van der Waals surface area contributed by atoms with Crippen molar-refractivity contribution >= 4 is 33.3 Å². The van der Waals surface area contributed by atoms with Crippen LogP contribution in [0.2, 0.25) is 5.02 Å². The summed E-state index contributed by atoms with van der Waals surface area (Å²) >= 11 is 6.15. The monoisotopic (exact) mass is 476 g/mol. The molecule has 2 fully saturated rings. The van der Waals surface area contributed by atoms with Crippen LogP contribution in [0.25, 0.3) is 0 Å². The minimum atomic E-state index is -4.18. The molecule has 168 valence electrons. The molecule has 1 saturated heterocycles. The van der Waals surface area contributed by atoms with Gasteiger partial charge in [-0.1, -0.05) is 24.6 Å². The number of anilines is 1. The second-order valence-corrected chi connectivity index (χ2v) is 10.5. The number of aromatic carboxylic acids is 1. The van der Waals surface area contributed by atoms with Gasteiger partial charge in [0.15, 0.2) is 0 Å². The van der Waals surface area contributed by atoms with Gasteiger partial charge in [0, 0.05) is 11.5 Å². The zero-order valence-electron chi connectivity index (χ0n) is 17.2. The molecule has 32 heavy (non-hydrogen) atoms. The second kappa shape index (κ2) is 8.28. The van der Waals surface area contributed by atoms with Crippen LogP contribution in [0.3, 0.4) is 0 Å². The molecule has 2 aromatic carbocycles. The summed E-state index contributed by atoms with van der Waals surface area (Å²) in [7, 11) is -4.18. The molecule has 1 saturated carbocycles. The normalized spacial score (nSPS) is 17.2. The lowest BCUT2D eigenvalue weighted by molar-refractivity contribution is -0.120. The van der Waals surface area contributed by atoms with Crippen molar-refractivity contribution in [3.8, 4) is 11.8 Å². The van der Waals surface area contributed by atoms with Crippen LogP contribution in [0.5, 0.6) is 5.75 Å². The molecule has 0 radical (unpaired) electrons. The number of halogens is 1. The van der Waals surface area contributed by atoms with Crippen LogP contribution < -0.4 is 9.46 Å². The molecule has 0 aromatic heterocycles. The van der Waals surface area contributed by atoms with E-state index in [9.17, 15) is 23.6 Å². The lowest BCUT2D eigenvalue weighted by Crippen LogP contribution is -2.44. The molecule has 1 aliphatic heterocycles. The van der Waals surface area contributed by atoms with Gasteiger partial charge in [0.2, 0.25) is 0 Å². The standard InChI is InChI=1S/C22H21ClN2O6S/c1-22(10-30-11-22)12-31-19-8-17(23)15(9-24)6-18(19)25-32(28,29)20-7-14(21(26)27)4-5-16(20)13-2-3-13/h4-8,13,25H,2-3,10-12H2,1H3,(H,26,27). The summed E-state index contributed by atoms with van der Waals surface area (Å²) < 4.78 is 40.2. The summed E-state index contributed by atoms with van der Waals surface area (Å²) in [5.41, 5.74) is 0.372. The number of ether oxygens (including phenoxy) is 2. The maximum Gasteiger partial charge on any atom is 0.335 e. The van der Waals surface area contributed by atoms with Gasteiger partial charge in [-0.3, -0.25) is 4.72 Å². The zero-order valence-corrected chi connectivity index (χ0v) is 18.8. The molecule has 0 bridgehead atoms. The molecule has 0 unspecified atom stereocenters. The third-order valence-corrected chi connectivity index (χ3v) is 7.21. The lowest BCUT2D eigenvalue weighted by atomic mass is 9.90. The quantitative estimate of drug-likeness (QED) is 0.589. The first kappa shape index (κ1) is 22.4. The number of carbonyl (C=O) groups is 1. The van der Waals surface area contributed by atoms with Crippen LogP contribution in [0.15, 0.2) is 35.2 Å². The number of benzene rings is 2. The van der Waals surface area contributed by atoms with E-state index < -0.39 is 16.0 Å². The van der Waals surface area contributed by atoms with Gasteiger partial charge in [-0.2, -0.15) is 5.26 Å². The third kappa shape index (κ3) is 4.53. The number of nitrogens with zero attached hydrogens (tertiary/aromatic N) is 1. The van der Waals surface area contributed by atoms with Crippen molar-refractivity contribution in [2.45, 2.75) is 30.6 Å². The fourth-order valence-electron chi connectivity index (χ4n) is 3.46. The molecule has 10 heteroatoms. The molecule has 0 spiro atoms. The highest BCUT2D eigenvalue weighted by molar-refractivity contribution is 7.92. The fraction of sp³-hybridized carbons (Fsp3) is 0.364. The summed E-state index contributed by atoms with van der Waals surface area (Å²) in [4.78, 5) is 11.3. The van der Waals surface area contributed by atoms with E-state index in [2.05, 4.69) is 4.72 Å². The van der Waals surface area contributed by atoms with E-state index in [1.807, 2.05) is 13.0 Å². The zero-order chi connectivity index (χ0) is 23.1. The smallest absolute Gasteiger partial charge is 0.335 e. The van der Waals surface area contributed by atoms with Crippen molar-refractivity contribution in [2.24, 2.45) is 5.41 Å². The average molecular weight is 477 g/mol. The maximum atomic E-state index is 13.3. The number of hydrogen-bond donors (Lipinski definition) is 2. The highest BCUT2D eigenvalue weighted by Gasteiger charge is 2.35. The first-order valence-corrected chi connectivity index (χ1v) is 11.8. The number of hydrogen-bond acceptors (Lipinski definition) is 6. The average Bonchev–Trinajstić information content (AvgIpc) is 3.57. The summed E-state index contributed by atoms with van der Waals surface area (Å²) in [6.07, 6.45) is 1.67. The van der Waals surface area contributed by atoms with E-state index in [1.54, 1.807) is 6.07 Å². The predicted octanol–water partition coefficient (Wildman–Crippen LogP) is 4.00. The van der Waals surface area contributed by atoms with E-state index >= 15 is 0 Å². The van der Waals surface area contributed by atoms with Gasteiger partial charge in [0.25, 0.3) is 10.0 Å². The minimum absolute atomic E-state index is 0.0530. The maximum absolute atomic E-state index is 13.3. The Bertz CT molecular complexity index is 1230. The molecular weight excluding hydrogens is 456 g/mol. The van der Waals surface area contributed by atoms with Crippen molar-refractivity contribution in [3.63, 3.8) is 0 Å². The topological polar surface area (TPSA) is 126 Å². The van der Waals surface area contributed by atoms with Crippen molar-refractivity contribution < 1.29 is 27.8 Å². The summed E-state index contributed by atoms with van der Waals surface area (Å²) in [5, 5.41) is 18.8. The van der Waals surface area contributed by atoms with Crippen LogP contribution in [-0.2, 0) is 14.8 Å². The van der Waals surface area contributed by atoms with Gasteiger partial charge in [-0.15, -0.1) is 0 Å². The first-order valence-electron chi connectivity index (χ1n) is 9.96. The van der Waals surface area contributed by atoms with Gasteiger partial charge in [-0.05, 0) is 42.5 Å². The number of carboxylic acid groups (broad SMARTS) is 1. The Labute approximate surface area is 190 Å².